The van der Waals surface area contributed by atoms with E-state index in [0.717, 1.165) is 37.4 Å². The summed E-state index contributed by atoms with van der Waals surface area (Å²) in [5.74, 6) is 0.0956. The quantitative estimate of drug-likeness (QED) is 0.714. The topological polar surface area (TPSA) is 59.5 Å². The number of rotatable bonds is 6. The Bertz CT molecular complexity index is 767. The molecule has 1 aliphatic rings. The average molecular weight is 387 g/mol. The van der Waals surface area contributed by atoms with Crippen molar-refractivity contribution in [3.05, 3.63) is 52.0 Å². The van der Waals surface area contributed by atoms with Gasteiger partial charge in [0.1, 0.15) is 0 Å². The summed E-state index contributed by atoms with van der Waals surface area (Å²) in [5.41, 5.74) is 2.05. The number of ether oxygens (including phenoxy) is 1. The monoisotopic (exact) mass is 386 g/mol. The van der Waals surface area contributed by atoms with E-state index >= 15 is 0 Å². The zero-order valence-electron chi connectivity index (χ0n) is 15.9. The molecule has 1 saturated heterocycles. The minimum absolute atomic E-state index is 0.101. The Morgan fingerprint density at radius 2 is 1.96 bits per heavy atom. The van der Waals surface area contributed by atoms with Gasteiger partial charge in [-0.15, -0.1) is 11.3 Å². The van der Waals surface area contributed by atoms with Crippen molar-refractivity contribution in [3.8, 4) is 0 Å². The van der Waals surface area contributed by atoms with Gasteiger partial charge in [0.15, 0.2) is 6.10 Å². The Morgan fingerprint density at radius 1 is 1.26 bits per heavy atom. The molecule has 5 nitrogen and oxygen atoms in total. The van der Waals surface area contributed by atoms with E-state index in [1.807, 2.05) is 23.3 Å². The van der Waals surface area contributed by atoms with E-state index in [0.29, 0.717) is 11.6 Å². The second-order valence-electron chi connectivity index (χ2n) is 7.13. The van der Waals surface area contributed by atoms with Crippen LogP contribution in [0.4, 0.5) is 0 Å². The molecular formula is C21H26N2O3S. The fourth-order valence-electron chi connectivity index (χ4n) is 3.49. The molecule has 6 heteroatoms. The number of piperidine rings is 1. The number of likely N-dealkylation sites (tertiary alicyclic amines) is 1. The SMILES string of the molecule is Cc1nc(CC(=O)OC(C)C(=O)N2CCC(Cc3ccccc3)CC2)cs1. The number of thiazole rings is 1. The van der Waals surface area contributed by atoms with Crippen LogP contribution in [0.3, 0.4) is 0 Å². The van der Waals surface area contributed by atoms with Gasteiger partial charge in [-0.2, -0.15) is 0 Å². The van der Waals surface area contributed by atoms with Crippen LogP contribution in [-0.2, 0) is 27.2 Å². The highest BCUT2D eigenvalue weighted by Gasteiger charge is 2.28. The maximum absolute atomic E-state index is 12.6. The Kier molecular flexibility index (Phi) is 6.61. The second-order valence-corrected chi connectivity index (χ2v) is 8.19. The molecule has 2 heterocycles. The van der Waals surface area contributed by atoms with Crippen molar-refractivity contribution in [1.82, 2.24) is 9.88 Å². The number of hydrogen-bond acceptors (Lipinski definition) is 5. The minimum Gasteiger partial charge on any atom is -0.452 e. The van der Waals surface area contributed by atoms with Gasteiger partial charge in [-0.3, -0.25) is 9.59 Å². The lowest BCUT2D eigenvalue weighted by atomic mass is 9.90. The molecule has 1 aliphatic heterocycles. The van der Waals surface area contributed by atoms with Gasteiger partial charge in [-0.1, -0.05) is 30.3 Å². The fourth-order valence-corrected chi connectivity index (χ4v) is 4.10. The van der Waals surface area contributed by atoms with E-state index < -0.39 is 12.1 Å². The predicted octanol–water partition coefficient (Wildman–Crippen LogP) is 3.41. The standard InChI is InChI=1S/C21H26N2O3S/c1-15(26-20(24)13-19-14-27-16(2)22-19)21(25)23-10-8-18(9-11-23)12-17-6-4-3-5-7-17/h3-7,14-15,18H,8-13H2,1-2H3. The van der Waals surface area contributed by atoms with Crippen LogP contribution in [0.25, 0.3) is 0 Å². The number of aryl methyl sites for hydroxylation is 1. The zero-order valence-corrected chi connectivity index (χ0v) is 16.7. The average Bonchev–Trinajstić information content (AvgIpc) is 3.07. The summed E-state index contributed by atoms with van der Waals surface area (Å²) in [6, 6.07) is 10.5. The van der Waals surface area contributed by atoms with Gasteiger partial charge in [0.05, 0.1) is 17.1 Å². The van der Waals surface area contributed by atoms with Crippen molar-refractivity contribution in [2.75, 3.05) is 13.1 Å². The van der Waals surface area contributed by atoms with E-state index in [9.17, 15) is 9.59 Å². The van der Waals surface area contributed by atoms with Gasteiger partial charge < -0.3 is 9.64 Å². The zero-order chi connectivity index (χ0) is 19.2. The van der Waals surface area contributed by atoms with Crippen molar-refractivity contribution in [2.24, 2.45) is 5.92 Å². The van der Waals surface area contributed by atoms with E-state index in [-0.39, 0.29) is 12.3 Å². The Balaban J connectivity index is 1.43. The first-order valence-electron chi connectivity index (χ1n) is 9.44. The van der Waals surface area contributed by atoms with E-state index in [1.54, 1.807) is 6.92 Å². The summed E-state index contributed by atoms with van der Waals surface area (Å²) in [4.78, 5) is 30.7. The van der Waals surface area contributed by atoms with Crippen LogP contribution in [0.2, 0.25) is 0 Å². The van der Waals surface area contributed by atoms with Gasteiger partial charge in [-0.05, 0) is 44.6 Å². The second kappa shape index (κ2) is 9.13. The minimum atomic E-state index is -0.747. The number of nitrogens with zero attached hydrogens (tertiary/aromatic N) is 2. The maximum Gasteiger partial charge on any atom is 0.312 e. The first-order chi connectivity index (χ1) is 13.0. The number of hydrogen-bond donors (Lipinski definition) is 0. The maximum atomic E-state index is 12.6. The van der Waals surface area contributed by atoms with Crippen LogP contribution in [0.1, 0.15) is 36.0 Å². The number of esters is 1. The van der Waals surface area contributed by atoms with Crippen LogP contribution in [0, 0.1) is 12.8 Å². The van der Waals surface area contributed by atoms with Crippen LogP contribution in [-0.4, -0.2) is 41.0 Å². The van der Waals surface area contributed by atoms with Crippen molar-refractivity contribution in [2.45, 2.75) is 45.6 Å². The third-order valence-electron chi connectivity index (χ3n) is 4.94. The Hall–Kier alpha value is -2.21. The predicted molar refractivity (Wildman–Crippen MR) is 106 cm³/mol. The molecule has 1 aromatic heterocycles. The number of amides is 1. The molecule has 0 saturated carbocycles. The lowest BCUT2D eigenvalue weighted by molar-refractivity contribution is -0.159. The van der Waals surface area contributed by atoms with Crippen LogP contribution in [0.5, 0.6) is 0 Å². The van der Waals surface area contributed by atoms with E-state index in [4.69, 9.17) is 4.74 Å². The number of carbonyl (C=O) groups excluding carboxylic acids is 2. The van der Waals surface area contributed by atoms with Crippen molar-refractivity contribution < 1.29 is 14.3 Å². The van der Waals surface area contributed by atoms with Gasteiger partial charge in [0, 0.05) is 18.5 Å². The van der Waals surface area contributed by atoms with Gasteiger partial charge in [0.25, 0.3) is 5.91 Å². The highest BCUT2D eigenvalue weighted by molar-refractivity contribution is 7.09. The van der Waals surface area contributed by atoms with Crippen LogP contribution in [0.15, 0.2) is 35.7 Å². The molecule has 2 aromatic rings. The Morgan fingerprint density at radius 3 is 2.59 bits per heavy atom. The fraction of sp³-hybridized carbons (Fsp3) is 0.476. The highest BCUT2D eigenvalue weighted by atomic mass is 32.1. The van der Waals surface area contributed by atoms with Gasteiger partial charge in [-0.25, -0.2) is 4.98 Å². The summed E-state index contributed by atoms with van der Waals surface area (Å²) in [6.07, 6.45) is 2.39. The van der Waals surface area contributed by atoms with Crippen LogP contribution >= 0.6 is 11.3 Å². The molecule has 144 valence electrons. The molecule has 1 atom stereocenters. The smallest absolute Gasteiger partial charge is 0.312 e. The van der Waals surface area contributed by atoms with Crippen molar-refractivity contribution in [3.63, 3.8) is 0 Å². The first-order valence-corrected chi connectivity index (χ1v) is 10.3. The molecule has 0 radical (unpaired) electrons. The largest absolute Gasteiger partial charge is 0.452 e. The number of carbonyl (C=O) groups is 2. The summed E-state index contributed by atoms with van der Waals surface area (Å²) in [6.45, 7) is 5.00. The lowest BCUT2D eigenvalue weighted by Gasteiger charge is -2.33. The Labute approximate surface area is 164 Å². The third-order valence-corrected chi connectivity index (χ3v) is 5.76. The van der Waals surface area contributed by atoms with E-state index in [2.05, 4.69) is 29.2 Å². The van der Waals surface area contributed by atoms with E-state index in [1.165, 1.54) is 16.9 Å². The number of benzene rings is 1. The van der Waals surface area contributed by atoms with Crippen LogP contribution < -0.4 is 0 Å². The molecule has 1 aromatic carbocycles. The summed E-state index contributed by atoms with van der Waals surface area (Å²) in [5, 5.41) is 2.76. The molecule has 27 heavy (non-hydrogen) atoms. The third kappa shape index (κ3) is 5.63. The van der Waals surface area contributed by atoms with Gasteiger partial charge >= 0.3 is 5.97 Å². The lowest BCUT2D eigenvalue weighted by Crippen LogP contribution is -2.44. The molecule has 3 rings (SSSR count). The summed E-state index contributed by atoms with van der Waals surface area (Å²) >= 11 is 1.50. The molecular weight excluding hydrogens is 360 g/mol. The molecule has 0 aliphatic carbocycles. The van der Waals surface area contributed by atoms with Gasteiger partial charge in [0.2, 0.25) is 0 Å². The first kappa shape index (κ1) is 19.5. The molecule has 1 unspecified atom stereocenters. The molecule has 1 fully saturated rings. The molecule has 0 bridgehead atoms. The number of aromatic nitrogens is 1. The molecule has 0 N–H and O–H groups in total. The van der Waals surface area contributed by atoms with Crippen molar-refractivity contribution >= 4 is 23.2 Å². The summed E-state index contributed by atoms with van der Waals surface area (Å²) in [7, 11) is 0. The molecule has 0 spiro atoms. The normalized spacial score (nSPS) is 16.1. The van der Waals surface area contributed by atoms with Crippen molar-refractivity contribution in [1.29, 1.82) is 0 Å². The highest BCUT2D eigenvalue weighted by Crippen LogP contribution is 2.22. The molecule has 1 amide bonds. The summed E-state index contributed by atoms with van der Waals surface area (Å²) < 4.78 is 5.34.